The summed E-state index contributed by atoms with van der Waals surface area (Å²) in [6.07, 6.45) is 6.26. The number of furan rings is 1. The molecule has 10 aromatic rings. The summed E-state index contributed by atoms with van der Waals surface area (Å²) in [5.74, 6) is 1.48. The Morgan fingerprint density at radius 1 is 0.586 bits per heavy atom. The van der Waals surface area contributed by atoms with Gasteiger partial charge in [0.15, 0.2) is 5.84 Å². The minimum absolute atomic E-state index is 0.338. The topological polar surface area (TPSA) is 54.8 Å². The van der Waals surface area contributed by atoms with Gasteiger partial charge >= 0.3 is 0 Å². The number of hydrogen-bond donors (Lipinski definition) is 1. The minimum Gasteiger partial charge on any atom is -0.456 e. The zero-order chi connectivity index (χ0) is 38.2. The summed E-state index contributed by atoms with van der Waals surface area (Å²) in [6.45, 7) is 0. The molecule has 0 saturated heterocycles. The number of benzene rings is 8. The van der Waals surface area contributed by atoms with Gasteiger partial charge < -0.3 is 14.3 Å². The van der Waals surface area contributed by atoms with Crippen molar-refractivity contribution in [2.45, 2.75) is 19.0 Å². The van der Waals surface area contributed by atoms with Crippen LogP contribution in [0, 0.1) is 0 Å². The smallest absolute Gasteiger partial charge is 0.159 e. The van der Waals surface area contributed by atoms with Gasteiger partial charge in [0.2, 0.25) is 0 Å². The van der Waals surface area contributed by atoms with Crippen molar-refractivity contribution in [2.24, 2.45) is 9.98 Å². The first-order chi connectivity index (χ1) is 28.7. The lowest BCUT2D eigenvalue weighted by molar-refractivity contribution is 0.667. The second-order valence-electron chi connectivity index (χ2n) is 15.3. The molecule has 2 aliphatic rings. The van der Waals surface area contributed by atoms with E-state index in [0.717, 1.165) is 74.0 Å². The van der Waals surface area contributed by atoms with Gasteiger partial charge in [0, 0.05) is 44.4 Å². The normalized spacial score (nSPS) is 15.2. The van der Waals surface area contributed by atoms with Crippen molar-refractivity contribution in [3.05, 3.63) is 204 Å². The van der Waals surface area contributed by atoms with Crippen molar-refractivity contribution in [3.63, 3.8) is 0 Å². The van der Waals surface area contributed by atoms with Crippen LogP contribution in [0.2, 0.25) is 0 Å². The van der Waals surface area contributed by atoms with Crippen molar-refractivity contribution >= 4 is 72.3 Å². The molecule has 12 rings (SSSR count). The van der Waals surface area contributed by atoms with E-state index < -0.39 is 0 Å². The summed E-state index contributed by atoms with van der Waals surface area (Å²) in [6, 6.07) is 60.5. The van der Waals surface area contributed by atoms with Crippen LogP contribution < -0.4 is 5.32 Å². The molecular formula is C53H36N4O. The van der Waals surface area contributed by atoms with Gasteiger partial charge in [-0.15, -0.1) is 0 Å². The highest BCUT2D eigenvalue weighted by atomic mass is 16.3. The van der Waals surface area contributed by atoms with Crippen LogP contribution in [0.25, 0.3) is 77.4 Å². The van der Waals surface area contributed by atoms with Gasteiger partial charge in [-0.1, -0.05) is 133 Å². The number of amidine groups is 2. The van der Waals surface area contributed by atoms with Crippen LogP contribution >= 0.6 is 0 Å². The van der Waals surface area contributed by atoms with E-state index in [4.69, 9.17) is 14.4 Å². The highest BCUT2D eigenvalue weighted by Gasteiger charge is 2.25. The average molecular weight is 745 g/mol. The summed E-state index contributed by atoms with van der Waals surface area (Å²) in [7, 11) is 0. The number of aromatic nitrogens is 1. The predicted molar refractivity (Wildman–Crippen MR) is 240 cm³/mol. The fourth-order valence-corrected chi connectivity index (χ4v) is 9.14. The molecule has 0 amide bonds. The summed E-state index contributed by atoms with van der Waals surface area (Å²) >= 11 is 0. The Morgan fingerprint density at radius 2 is 1.41 bits per heavy atom. The first kappa shape index (κ1) is 32.7. The molecule has 1 N–H and O–H groups in total. The van der Waals surface area contributed by atoms with Crippen molar-refractivity contribution in [1.82, 2.24) is 9.88 Å². The Labute approximate surface area is 334 Å². The molecule has 0 saturated carbocycles. The average Bonchev–Trinajstić information content (AvgIpc) is 3.84. The number of hydrogen-bond acceptors (Lipinski definition) is 4. The molecule has 1 aliphatic heterocycles. The van der Waals surface area contributed by atoms with Gasteiger partial charge in [-0.05, 0) is 93.9 Å². The van der Waals surface area contributed by atoms with Gasteiger partial charge in [-0.2, -0.15) is 0 Å². The lowest BCUT2D eigenvalue weighted by Crippen LogP contribution is -2.33. The van der Waals surface area contributed by atoms with Crippen molar-refractivity contribution in [2.75, 3.05) is 0 Å². The van der Waals surface area contributed by atoms with E-state index in [9.17, 15) is 0 Å². The Hall–Kier alpha value is -7.50. The molecule has 0 fully saturated rings. The third-order valence-electron chi connectivity index (χ3n) is 11.9. The number of nitrogens with zero attached hydrogens (tertiary/aromatic N) is 3. The Balaban J connectivity index is 1.01. The summed E-state index contributed by atoms with van der Waals surface area (Å²) in [5, 5.41) is 10.7. The molecule has 0 spiro atoms. The number of aryl methyl sites for hydroxylation is 1. The lowest BCUT2D eigenvalue weighted by atomic mass is 9.95. The maximum Gasteiger partial charge on any atom is 0.159 e. The quantitative estimate of drug-likeness (QED) is 0.191. The van der Waals surface area contributed by atoms with Gasteiger partial charge in [-0.25, -0.2) is 9.98 Å². The van der Waals surface area contributed by atoms with E-state index in [1.165, 1.54) is 43.8 Å². The van der Waals surface area contributed by atoms with Gasteiger partial charge in [0.1, 0.15) is 23.2 Å². The van der Waals surface area contributed by atoms with E-state index in [1.54, 1.807) is 0 Å². The molecule has 1 unspecified atom stereocenters. The third-order valence-corrected chi connectivity index (χ3v) is 11.9. The molecule has 58 heavy (non-hydrogen) atoms. The molecule has 5 nitrogen and oxygen atoms in total. The number of para-hydroxylation sites is 1. The number of fused-ring (bicyclic) bond motifs is 8. The third kappa shape index (κ3) is 5.24. The first-order valence-electron chi connectivity index (χ1n) is 20.0. The molecule has 5 heteroatoms. The van der Waals surface area contributed by atoms with E-state index >= 15 is 0 Å². The molecule has 1 aliphatic carbocycles. The first-order valence-corrected chi connectivity index (χ1v) is 20.0. The van der Waals surface area contributed by atoms with Crippen molar-refractivity contribution in [1.29, 1.82) is 0 Å². The zero-order valence-corrected chi connectivity index (χ0v) is 31.6. The van der Waals surface area contributed by atoms with Crippen LogP contribution in [-0.4, -0.2) is 16.2 Å². The molecule has 2 aromatic heterocycles. The molecule has 8 aromatic carbocycles. The summed E-state index contributed by atoms with van der Waals surface area (Å²) < 4.78 is 9.10. The number of nitrogens with one attached hydrogen (secondary N) is 1. The molecule has 274 valence electrons. The van der Waals surface area contributed by atoms with E-state index in [0.29, 0.717) is 5.84 Å². The van der Waals surface area contributed by atoms with Crippen LogP contribution in [0.15, 0.2) is 190 Å². The second-order valence-corrected chi connectivity index (χ2v) is 15.3. The van der Waals surface area contributed by atoms with Crippen LogP contribution in [0.5, 0.6) is 0 Å². The van der Waals surface area contributed by atoms with Crippen molar-refractivity contribution < 1.29 is 4.42 Å². The fourth-order valence-electron chi connectivity index (χ4n) is 9.14. The van der Waals surface area contributed by atoms with Crippen molar-refractivity contribution in [3.8, 4) is 16.8 Å². The maximum absolute atomic E-state index is 6.74. The molecule has 0 bridgehead atoms. The molecule has 0 radical (unpaired) electrons. The van der Waals surface area contributed by atoms with Gasteiger partial charge in [-0.3, -0.25) is 0 Å². The molecule has 1 atom stereocenters. The standard InChI is InChI=1S/C53H36N4O/c1-2-14-35(15-3-1)41-19-10-22-46-49(41)42-18-8-9-21-45(42)57(46)40-28-29-43-48(32-40)58-47-23-11-20-44(50(43)47)53-55-51(38-26-24-33-12-4-6-16-36(33)30-38)54-52(56-53)39-27-25-34-13-5-7-17-37(34)31-39/h1-4,6-12,14-32,51H,5,13H2,(H,54,55,56). The number of aliphatic imine (C=N–C) groups is 2. The monoisotopic (exact) mass is 744 g/mol. The second kappa shape index (κ2) is 13.0. The van der Waals surface area contributed by atoms with E-state index in [2.05, 4.69) is 192 Å². The minimum atomic E-state index is -0.338. The maximum atomic E-state index is 6.74. The SMILES string of the molecule is C1=Cc2cc(C3=NC(c4ccc5ccccc5c4)NC(c4cccc5oc6cc(-n7c8ccccc8c8c(-c9ccccc9)cccc87)ccc6c45)=N3)ccc2CC1. The Bertz CT molecular complexity index is 3380. The van der Waals surface area contributed by atoms with Gasteiger partial charge in [0.05, 0.1) is 11.0 Å². The zero-order valence-electron chi connectivity index (χ0n) is 31.6. The molecule has 3 heterocycles. The summed E-state index contributed by atoms with van der Waals surface area (Å²) in [4.78, 5) is 10.6. The van der Waals surface area contributed by atoms with Crippen LogP contribution in [0.4, 0.5) is 0 Å². The highest BCUT2D eigenvalue weighted by molar-refractivity contribution is 6.22. The fraction of sp³-hybridized carbons (Fsp3) is 0.0566. The number of rotatable bonds is 5. The van der Waals surface area contributed by atoms with Crippen LogP contribution in [-0.2, 0) is 6.42 Å². The largest absolute Gasteiger partial charge is 0.456 e. The van der Waals surface area contributed by atoms with Crippen LogP contribution in [0.3, 0.4) is 0 Å². The van der Waals surface area contributed by atoms with E-state index in [-0.39, 0.29) is 6.17 Å². The summed E-state index contributed by atoms with van der Waals surface area (Å²) in [5.41, 5.74) is 13.1. The Morgan fingerprint density at radius 3 is 2.36 bits per heavy atom. The predicted octanol–water partition coefficient (Wildman–Crippen LogP) is 13.0. The number of allylic oxidation sites excluding steroid dienone is 1. The Kier molecular flexibility index (Phi) is 7.35. The molecular weight excluding hydrogens is 709 g/mol. The van der Waals surface area contributed by atoms with Gasteiger partial charge in [0.25, 0.3) is 0 Å². The lowest BCUT2D eigenvalue weighted by Gasteiger charge is -2.24. The van der Waals surface area contributed by atoms with Crippen LogP contribution in [0.1, 0.15) is 40.4 Å². The van der Waals surface area contributed by atoms with E-state index in [1.807, 2.05) is 0 Å². The highest BCUT2D eigenvalue weighted by Crippen LogP contribution is 2.40.